The summed E-state index contributed by atoms with van der Waals surface area (Å²) >= 11 is 1.30. The number of benzene rings is 1. The zero-order valence-corrected chi connectivity index (χ0v) is 13.6. The standard InChI is InChI=1S/C13H17NO5S2/c1-8-4-10(19-3)5-9(2)12(8)21(17,18)14-7-20-6-11(14)13(15)16/h4-5,11H,6-7H2,1-3H3,(H,15,16)/t11-/m0/s1. The van der Waals surface area contributed by atoms with Crippen LogP contribution in [-0.4, -0.2) is 48.6 Å². The lowest BCUT2D eigenvalue weighted by Crippen LogP contribution is -2.42. The fourth-order valence-electron chi connectivity index (χ4n) is 2.41. The minimum atomic E-state index is -3.84. The third-order valence-electron chi connectivity index (χ3n) is 3.36. The van der Waals surface area contributed by atoms with Crippen LogP contribution in [-0.2, 0) is 14.8 Å². The molecule has 0 unspecified atom stereocenters. The summed E-state index contributed by atoms with van der Waals surface area (Å²) in [4.78, 5) is 11.4. The normalized spacial score (nSPS) is 19.7. The SMILES string of the molecule is COc1cc(C)c(S(=O)(=O)N2CSC[C@H]2C(=O)O)c(C)c1. The Morgan fingerprint density at radius 2 is 1.95 bits per heavy atom. The van der Waals surface area contributed by atoms with Crippen LogP contribution >= 0.6 is 11.8 Å². The summed E-state index contributed by atoms with van der Waals surface area (Å²) in [7, 11) is -2.33. The molecule has 0 aliphatic carbocycles. The summed E-state index contributed by atoms with van der Waals surface area (Å²) in [5.74, 6) is -0.116. The van der Waals surface area contributed by atoms with E-state index in [1.54, 1.807) is 26.0 Å². The lowest BCUT2D eigenvalue weighted by atomic mass is 10.1. The van der Waals surface area contributed by atoms with Crippen LogP contribution in [0.3, 0.4) is 0 Å². The summed E-state index contributed by atoms with van der Waals surface area (Å²) in [6.45, 7) is 3.36. The molecule has 1 heterocycles. The number of thioether (sulfide) groups is 1. The fourth-order valence-corrected chi connectivity index (χ4v) is 5.96. The van der Waals surface area contributed by atoms with E-state index < -0.39 is 22.0 Å². The first-order valence-electron chi connectivity index (χ1n) is 6.26. The van der Waals surface area contributed by atoms with Crippen molar-refractivity contribution in [3.63, 3.8) is 0 Å². The average molecular weight is 331 g/mol. The lowest BCUT2D eigenvalue weighted by molar-refractivity contribution is -0.140. The van der Waals surface area contributed by atoms with Gasteiger partial charge in [0.2, 0.25) is 10.0 Å². The van der Waals surface area contributed by atoms with E-state index in [0.717, 1.165) is 4.31 Å². The van der Waals surface area contributed by atoms with Crippen LogP contribution in [0.2, 0.25) is 0 Å². The molecular weight excluding hydrogens is 314 g/mol. The molecule has 21 heavy (non-hydrogen) atoms. The van der Waals surface area contributed by atoms with Crippen LogP contribution in [0.15, 0.2) is 17.0 Å². The molecule has 1 aliphatic heterocycles. The van der Waals surface area contributed by atoms with Crippen molar-refractivity contribution in [1.82, 2.24) is 4.31 Å². The number of sulfonamides is 1. The first-order valence-corrected chi connectivity index (χ1v) is 8.86. The molecule has 1 atom stereocenters. The second kappa shape index (κ2) is 5.86. The van der Waals surface area contributed by atoms with Gasteiger partial charge in [0, 0.05) is 5.75 Å². The first kappa shape index (κ1) is 16.1. The van der Waals surface area contributed by atoms with Crippen molar-refractivity contribution in [2.75, 3.05) is 18.7 Å². The molecule has 116 valence electrons. The molecule has 2 rings (SSSR count). The number of carboxylic acids is 1. The van der Waals surface area contributed by atoms with Crippen LogP contribution in [0.5, 0.6) is 5.75 Å². The number of carboxylic acid groups (broad SMARTS) is 1. The van der Waals surface area contributed by atoms with Gasteiger partial charge < -0.3 is 9.84 Å². The second-order valence-electron chi connectivity index (χ2n) is 4.84. The van der Waals surface area contributed by atoms with Gasteiger partial charge in [0.1, 0.15) is 11.8 Å². The van der Waals surface area contributed by atoms with E-state index in [1.807, 2.05) is 0 Å². The van der Waals surface area contributed by atoms with Crippen LogP contribution in [0.25, 0.3) is 0 Å². The van der Waals surface area contributed by atoms with Gasteiger partial charge in [-0.15, -0.1) is 11.8 Å². The predicted molar refractivity (Wildman–Crippen MR) is 80.2 cm³/mol. The predicted octanol–water partition coefficient (Wildman–Crippen LogP) is 1.46. The summed E-state index contributed by atoms with van der Waals surface area (Å²) in [5, 5.41) is 9.18. The van der Waals surface area contributed by atoms with Gasteiger partial charge in [0.15, 0.2) is 0 Å². The molecule has 0 aromatic heterocycles. The fraction of sp³-hybridized carbons (Fsp3) is 0.462. The number of aryl methyl sites for hydroxylation is 2. The molecular formula is C13H17NO5S2. The Balaban J connectivity index is 2.52. The smallest absolute Gasteiger partial charge is 0.322 e. The topological polar surface area (TPSA) is 83.9 Å². The number of ether oxygens (including phenoxy) is 1. The van der Waals surface area contributed by atoms with Crippen LogP contribution < -0.4 is 4.74 Å². The first-order chi connectivity index (χ1) is 9.78. The van der Waals surface area contributed by atoms with E-state index in [0.29, 0.717) is 16.9 Å². The summed E-state index contributed by atoms with van der Waals surface area (Å²) in [5.41, 5.74) is 1.10. The Labute approximate surface area is 128 Å². The number of nitrogens with zero attached hydrogens (tertiary/aromatic N) is 1. The number of rotatable bonds is 4. The zero-order valence-electron chi connectivity index (χ0n) is 12.0. The number of hydrogen-bond acceptors (Lipinski definition) is 5. The maximum Gasteiger partial charge on any atom is 0.322 e. The number of carbonyl (C=O) groups is 1. The summed E-state index contributed by atoms with van der Waals surface area (Å²) in [6, 6.07) is 2.26. The summed E-state index contributed by atoms with van der Waals surface area (Å²) in [6.07, 6.45) is 0. The van der Waals surface area contributed by atoms with E-state index in [4.69, 9.17) is 4.74 Å². The maximum absolute atomic E-state index is 12.8. The Hall–Kier alpha value is -1.25. The third kappa shape index (κ3) is 2.88. The number of aliphatic carboxylic acids is 1. The molecule has 8 heteroatoms. The van der Waals surface area contributed by atoms with Crippen molar-refractivity contribution >= 4 is 27.8 Å². The van der Waals surface area contributed by atoms with Crippen molar-refractivity contribution < 1.29 is 23.1 Å². The number of methoxy groups -OCH3 is 1. The van der Waals surface area contributed by atoms with Crippen molar-refractivity contribution in [2.24, 2.45) is 0 Å². The number of hydrogen-bond donors (Lipinski definition) is 1. The van der Waals surface area contributed by atoms with Gasteiger partial charge in [-0.3, -0.25) is 4.79 Å². The van der Waals surface area contributed by atoms with Gasteiger partial charge in [-0.25, -0.2) is 8.42 Å². The van der Waals surface area contributed by atoms with Crippen LogP contribution in [0.4, 0.5) is 0 Å². The van der Waals surface area contributed by atoms with E-state index >= 15 is 0 Å². The molecule has 1 fully saturated rings. The van der Waals surface area contributed by atoms with Crippen molar-refractivity contribution in [1.29, 1.82) is 0 Å². The Kier molecular flexibility index (Phi) is 4.50. The van der Waals surface area contributed by atoms with E-state index in [1.165, 1.54) is 18.9 Å². The van der Waals surface area contributed by atoms with Crippen molar-refractivity contribution in [2.45, 2.75) is 24.8 Å². The maximum atomic E-state index is 12.8. The van der Waals surface area contributed by atoms with Gasteiger partial charge >= 0.3 is 5.97 Å². The van der Waals surface area contributed by atoms with Gasteiger partial charge in [-0.1, -0.05) is 0 Å². The molecule has 0 amide bonds. The Morgan fingerprint density at radius 3 is 2.43 bits per heavy atom. The van der Waals surface area contributed by atoms with Crippen molar-refractivity contribution in [3.05, 3.63) is 23.3 Å². The highest BCUT2D eigenvalue weighted by Crippen LogP contribution is 2.33. The summed E-state index contributed by atoms with van der Waals surface area (Å²) < 4.78 is 31.8. The van der Waals surface area contributed by atoms with E-state index in [9.17, 15) is 18.3 Å². The molecule has 0 radical (unpaired) electrons. The minimum absolute atomic E-state index is 0.157. The highest BCUT2D eigenvalue weighted by atomic mass is 32.2. The quantitative estimate of drug-likeness (QED) is 0.899. The minimum Gasteiger partial charge on any atom is -0.497 e. The molecule has 1 aromatic rings. The largest absolute Gasteiger partial charge is 0.497 e. The highest BCUT2D eigenvalue weighted by molar-refractivity contribution is 8.00. The van der Waals surface area contributed by atoms with Crippen LogP contribution in [0, 0.1) is 13.8 Å². The lowest BCUT2D eigenvalue weighted by Gasteiger charge is -2.22. The zero-order chi connectivity index (χ0) is 15.8. The van der Waals surface area contributed by atoms with Gasteiger partial charge in [-0.05, 0) is 37.1 Å². The van der Waals surface area contributed by atoms with Crippen LogP contribution in [0.1, 0.15) is 11.1 Å². The van der Waals surface area contributed by atoms with E-state index in [2.05, 4.69) is 0 Å². The molecule has 0 saturated carbocycles. The molecule has 6 nitrogen and oxygen atoms in total. The monoisotopic (exact) mass is 331 g/mol. The second-order valence-corrected chi connectivity index (χ2v) is 7.66. The van der Waals surface area contributed by atoms with Gasteiger partial charge in [-0.2, -0.15) is 4.31 Å². The molecule has 1 aliphatic rings. The van der Waals surface area contributed by atoms with Crippen molar-refractivity contribution in [3.8, 4) is 5.75 Å². The Morgan fingerprint density at radius 1 is 1.38 bits per heavy atom. The van der Waals surface area contributed by atoms with Gasteiger partial charge in [0.05, 0.1) is 17.9 Å². The molecule has 1 saturated heterocycles. The molecule has 0 spiro atoms. The molecule has 1 N–H and O–H groups in total. The highest BCUT2D eigenvalue weighted by Gasteiger charge is 2.41. The average Bonchev–Trinajstić information content (AvgIpc) is 2.87. The Bertz CT molecular complexity index is 648. The third-order valence-corrected chi connectivity index (χ3v) is 6.70. The van der Waals surface area contributed by atoms with E-state index in [-0.39, 0.29) is 16.5 Å². The molecule has 1 aromatic carbocycles. The van der Waals surface area contributed by atoms with Gasteiger partial charge in [0.25, 0.3) is 0 Å². The molecule has 0 bridgehead atoms.